The molecule has 0 unspecified atom stereocenters. The average molecular weight is 234 g/mol. The van der Waals surface area contributed by atoms with E-state index in [1.807, 2.05) is 0 Å². The summed E-state index contributed by atoms with van der Waals surface area (Å²) in [5.74, 6) is 1.30. The number of nitriles is 2. The first-order valence-corrected chi connectivity index (χ1v) is 6.43. The summed E-state index contributed by atoms with van der Waals surface area (Å²) in [5, 5.41) is 17.6. The minimum Gasteiger partial charge on any atom is -0.277 e. The maximum atomic E-state index is 8.80. The van der Waals surface area contributed by atoms with E-state index in [1.165, 1.54) is 12.8 Å². The Morgan fingerprint density at radius 2 is 1.53 bits per heavy atom. The third kappa shape index (κ3) is 4.00. The molecule has 0 aromatic heterocycles. The zero-order valence-corrected chi connectivity index (χ0v) is 10.9. The molecule has 0 amide bonds. The fourth-order valence-corrected chi connectivity index (χ4v) is 2.80. The molecule has 0 aliphatic carbocycles. The van der Waals surface area contributed by atoms with Crippen LogP contribution in [0.15, 0.2) is 0 Å². The van der Waals surface area contributed by atoms with Gasteiger partial charge in [0.15, 0.2) is 0 Å². The molecule has 0 atom stereocenters. The average Bonchev–Trinajstić information content (AvgIpc) is 2.31. The van der Waals surface area contributed by atoms with Crippen molar-refractivity contribution >= 4 is 0 Å². The van der Waals surface area contributed by atoms with Gasteiger partial charge in [-0.3, -0.25) is 9.80 Å². The maximum absolute atomic E-state index is 8.80. The summed E-state index contributed by atoms with van der Waals surface area (Å²) >= 11 is 0. The van der Waals surface area contributed by atoms with E-state index in [2.05, 4.69) is 35.8 Å². The van der Waals surface area contributed by atoms with Crippen molar-refractivity contribution in [2.45, 2.75) is 26.7 Å². The van der Waals surface area contributed by atoms with Crippen LogP contribution in [0.2, 0.25) is 0 Å². The lowest BCUT2D eigenvalue weighted by atomic mass is 9.86. The van der Waals surface area contributed by atoms with E-state index in [0.717, 1.165) is 19.8 Å². The van der Waals surface area contributed by atoms with Gasteiger partial charge in [0.2, 0.25) is 0 Å². The highest BCUT2D eigenvalue weighted by atomic mass is 15.3. The molecular formula is C13H22N4. The van der Waals surface area contributed by atoms with Crippen molar-refractivity contribution in [1.82, 2.24) is 9.80 Å². The van der Waals surface area contributed by atoms with Crippen LogP contribution >= 0.6 is 0 Å². The van der Waals surface area contributed by atoms with Crippen molar-refractivity contribution in [1.29, 1.82) is 10.5 Å². The Hall–Kier alpha value is -1.10. The van der Waals surface area contributed by atoms with Crippen LogP contribution < -0.4 is 0 Å². The molecule has 0 aromatic rings. The Morgan fingerprint density at radius 1 is 1.06 bits per heavy atom. The van der Waals surface area contributed by atoms with E-state index in [9.17, 15) is 0 Å². The van der Waals surface area contributed by atoms with Gasteiger partial charge in [0, 0.05) is 13.1 Å². The Kier molecular flexibility index (Phi) is 5.97. The van der Waals surface area contributed by atoms with E-state index in [4.69, 9.17) is 10.5 Å². The lowest BCUT2D eigenvalue weighted by Crippen LogP contribution is -2.51. The highest BCUT2D eigenvalue weighted by Crippen LogP contribution is 2.24. The summed E-state index contributed by atoms with van der Waals surface area (Å²) in [6, 6.07) is 4.42. The van der Waals surface area contributed by atoms with Gasteiger partial charge >= 0.3 is 0 Å². The van der Waals surface area contributed by atoms with E-state index < -0.39 is 0 Å². The highest BCUT2D eigenvalue weighted by Gasteiger charge is 2.29. The Labute approximate surface area is 104 Å². The topological polar surface area (TPSA) is 54.1 Å². The molecule has 4 nitrogen and oxygen atoms in total. The van der Waals surface area contributed by atoms with E-state index >= 15 is 0 Å². The van der Waals surface area contributed by atoms with Gasteiger partial charge in [-0.2, -0.15) is 10.5 Å². The molecule has 0 radical (unpaired) electrons. The fourth-order valence-electron chi connectivity index (χ4n) is 2.80. The summed E-state index contributed by atoms with van der Waals surface area (Å²) in [6.07, 6.45) is 2.36. The molecule has 0 spiro atoms. The van der Waals surface area contributed by atoms with Crippen molar-refractivity contribution in [3.05, 3.63) is 0 Å². The van der Waals surface area contributed by atoms with Crippen molar-refractivity contribution < 1.29 is 0 Å². The number of hydrogen-bond acceptors (Lipinski definition) is 4. The summed E-state index contributed by atoms with van der Waals surface area (Å²) in [7, 11) is 0. The van der Waals surface area contributed by atoms with Crippen LogP contribution in [0.4, 0.5) is 0 Å². The van der Waals surface area contributed by atoms with Crippen LogP contribution in [0.25, 0.3) is 0 Å². The molecule has 4 heteroatoms. The first-order valence-electron chi connectivity index (χ1n) is 6.43. The van der Waals surface area contributed by atoms with Crippen LogP contribution in [0.1, 0.15) is 26.7 Å². The van der Waals surface area contributed by atoms with Gasteiger partial charge in [-0.05, 0) is 11.8 Å². The second-order valence-electron chi connectivity index (χ2n) is 4.82. The van der Waals surface area contributed by atoms with Crippen LogP contribution in [-0.4, -0.2) is 42.6 Å². The summed E-state index contributed by atoms with van der Waals surface area (Å²) in [6.45, 7) is 8.16. The smallest absolute Gasteiger partial charge is 0.0876 e. The number of rotatable bonds is 5. The van der Waals surface area contributed by atoms with Crippen LogP contribution in [-0.2, 0) is 0 Å². The van der Waals surface area contributed by atoms with Crippen molar-refractivity contribution in [3.63, 3.8) is 0 Å². The van der Waals surface area contributed by atoms with Crippen LogP contribution in [0.5, 0.6) is 0 Å². The molecule has 0 aromatic carbocycles. The molecule has 1 fully saturated rings. The lowest BCUT2D eigenvalue weighted by Gasteiger charge is -2.41. The van der Waals surface area contributed by atoms with Crippen molar-refractivity contribution in [2.24, 2.45) is 11.8 Å². The maximum Gasteiger partial charge on any atom is 0.0876 e. The third-order valence-electron chi connectivity index (χ3n) is 3.69. The first kappa shape index (κ1) is 14.0. The highest BCUT2D eigenvalue weighted by molar-refractivity contribution is 4.88. The molecule has 0 N–H and O–H groups in total. The zero-order valence-electron chi connectivity index (χ0n) is 10.9. The molecule has 0 saturated carbocycles. The number of nitrogens with zero attached hydrogens (tertiary/aromatic N) is 4. The van der Waals surface area contributed by atoms with E-state index in [1.54, 1.807) is 0 Å². The predicted octanol–water partition coefficient (Wildman–Crippen LogP) is 1.66. The standard InChI is InChI=1S/C13H22N4/c1-3-12(4-2)13-9-16(7-5-14)11-17(10-13)8-6-15/h12-13H,3-4,7-11H2,1-2H3. The molecular weight excluding hydrogens is 212 g/mol. The van der Waals surface area contributed by atoms with E-state index in [-0.39, 0.29) is 0 Å². The second-order valence-corrected chi connectivity index (χ2v) is 4.82. The van der Waals surface area contributed by atoms with Gasteiger partial charge in [-0.25, -0.2) is 0 Å². The van der Waals surface area contributed by atoms with E-state index in [0.29, 0.717) is 24.9 Å². The number of hydrogen-bond donors (Lipinski definition) is 0. The normalized spacial score (nSPS) is 19.1. The van der Waals surface area contributed by atoms with Gasteiger partial charge in [0.05, 0.1) is 31.9 Å². The SMILES string of the molecule is CCC(CC)C1CN(CC#N)CN(CC#N)C1. The monoisotopic (exact) mass is 234 g/mol. The molecule has 1 heterocycles. The molecule has 1 rings (SSSR count). The summed E-state index contributed by atoms with van der Waals surface area (Å²) in [5.41, 5.74) is 0. The van der Waals surface area contributed by atoms with Crippen LogP contribution in [0.3, 0.4) is 0 Å². The largest absolute Gasteiger partial charge is 0.277 e. The predicted molar refractivity (Wildman–Crippen MR) is 66.8 cm³/mol. The summed E-state index contributed by atoms with van der Waals surface area (Å²) in [4.78, 5) is 4.31. The van der Waals surface area contributed by atoms with Crippen LogP contribution in [0, 0.1) is 34.5 Å². The third-order valence-corrected chi connectivity index (χ3v) is 3.69. The van der Waals surface area contributed by atoms with Gasteiger partial charge in [0.25, 0.3) is 0 Å². The van der Waals surface area contributed by atoms with Crippen molar-refractivity contribution in [2.75, 3.05) is 32.8 Å². The van der Waals surface area contributed by atoms with Gasteiger partial charge in [-0.1, -0.05) is 26.7 Å². The summed E-state index contributed by atoms with van der Waals surface area (Å²) < 4.78 is 0. The van der Waals surface area contributed by atoms with Gasteiger partial charge in [-0.15, -0.1) is 0 Å². The lowest BCUT2D eigenvalue weighted by molar-refractivity contribution is 0.0404. The van der Waals surface area contributed by atoms with Crippen molar-refractivity contribution in [3.8, 4) is 12.1 Å². The second kappa shape index (κ2) is 7.27. The molecule has 1 aliphatic heterocycles. The Balaban J connectivity index is 2.64. The molecule has 94 valence electrons. The quantitative estimate of drug-likeness (QED) is 0.679. The van der Waals surface area contributed by atoms with Gasteiger partial charge in [0.1, 0.15) is 0 Å². The van der Waals surface area contributed by atoms with Gasteiger partial charge < -0.3 is 0 Å². The zero-order chi connectivity index (χ0) is 12.7. The molecule has 1 saturated heterocycles. The minimum atomic E-state index is 0.471. The minimum absolute atomic E-state index is 0.471. The Morgan fingerprint density at radius 3 is 1.88 bits per heavy atom. The molecule has 0 bridgehead atoms. The Bertz CT molecular complexity index is 274. The fraction of sp³-hybridized carbons (Fsp3) is 0.846. The molecule has 1 aliphatic rings. The first-order chi connectivity index (χ1) is 8.24. The molecule has 17 heavy (non-hydrogen) atoms.